The summed E-state index contributed by atoms with van der Waals surface area (Å²) in [5, 5.41) is 10.7. The van der Waals surface area contributed by atoms with Crippen molar-refractivity contribution in [2.75, 3.05) is 0 Å². The molecule has 1 aromatic rings. The third-order valence-electron chi connectivity index (χ3n) is 2.61. The molecule has 0 N–H and O–H groups in total. The van der Waals surface area contributed by atoms with E-state index in [1.807, 2.05) is 6.07 Å². The molecule has 0 heterocycles. The number of halogens is 1. The third-order valence-corrected chi connectivity index (χ3v) is 3.24. The van der Waals surface area contributed by atoms with E-state index in [4.69, 9.17) is 0 Å². The number of rotatable bonds is 1. The average Bonchev–Trinajstić information content (AvgIpc) is 2.16. The number of hydrogen-bond acceptors (Lipinski definition) is 2. The molecule has 0 fully saturated rings. The number of aryl methyl sites for hydroxylation is 2. The first-order valence-electron chi connectivity index (χ1n) is 4.64. The molecule has 3 nitrogen and oxygen atoms in total. The molecule has 0 bridgehead atoms. The lowest BCUT2D eigenvalue weighted by atomic mass is 9.91. The fraction of sp³-hybridized carbons (Fsp3) is 0.400. The second kappa shape index (κ2) is 3.69. The van der Waals surface area contributed by atoms with Crippen LogP contribution in [0.4, 0.5) is 5.69 Å². The fourth-order valence-electron chi connectivity index (χ4n) is 1.88. The molecule has 0 amide bonds. The van der Waals surface area contributed by atoms with Crippen molar-refractivity contribution in [2.45, 2.75) is 25.7 Å². The van der Waals surface area contributed by atoms with Crippen molar-refractivity contribution < 1.29 is 4.92 Å². The van der Waals surface area contributed by atoms with Crippen LogP contribution < -0.4 is 0 Å². The summed E-state index contributed by atoms with van der Waals surface area (Å²) in [4.78, 5) is 10.3. The van der Waals surface area contributed by atoms with Crippen LogP contribution in [0.25, 0.3) is 0 Å². The molecule has 2 rings (SSSR count). The molecule has 0 spiro atoms. The van der Waals surface area contributed by atoms with Crippen molar-refractivity contribution >= 4 is 21.6 Å². The van der Waals surface area contributed by atoms with Gasteiger partial charge >= 0.3 is 0 Å². The highest BCUT2D eigenvalue weighted by Crippen LogP contribution is 2.32. The van der Waals surface area contributed by atoms with E-state index in [9.17, 15) is 10.1 Å². The van der Waals surface area contributed by atoms with Gasteiger partial charge in [0.2, 0.25) is 0 Å². The summed E-state index contributed by atoms with van der Waals surface area (Å²) < 4.78 is 0.600. The van der Waals surface area contributed by atoms with Crippen molar-refractivity contribution in [2.24, 2.45) is 0 Å². The summed E-state index contributed by atoms with van der Waals surface area (Å²) in [6.07, 6.45) is 4.36. The molecule has 1 aromatic carbocycles. The first kappa shape index (κ1) is 9.65. The van der Waals surface area contributed by atoms with E-state index in [-0.39, 0.29) is 10.6 Å². The van der Waals surface area contributed by atoms with Crippen LogP contribution in [-0.4, -0.2) is 4.92 Å². The van der Waals surface area contributed by atoms with Gasteiger partial charge in [-0.2, -0.15) is 0 Å². The Balaban J connectivity index is 2.50. The Labute approximate surface area is 90.4 Å². The standard InChI is InChI=1S/C10H10BrNO2/c11-9-5-7-3-1-2-4-8(7)6-10(9)12(13)14/h5-6H,1-4H2. The number of nitrogens with zero attached hydrogens (tertiary/aromatic N) is 1. The Bertz CT molecular complexity index is 390. The minimum absolute atomic E-state index is 0.186. The number of benzene rings is 1. The maximum Gasteiger partial charge on any atom is 0.283 e. The van der Waals surface area contributed by atoms with Gasteiger partial charge in [0.05, 0.1) is 9.40 Å². The van der Waals surface area contributed by atoms with Crippen LogP contribution in [0.15, 0.2) is 16.6 Å². The first-order chi connectivity index (χ1) is 6.68. The minimum atomic E-state index is -0.334. The molecule has 0 saturated heterocycles. The molecule has 4 heteroatoms. The Kier molecular flexibility index (Phi) is 2.54. The zero-order valence-corrected chi connectivity index (χ0v) is 9.21. The molecule has 0 aromatic heterocycles. The van der Waals surface area contributed by atoms with Gasteiger partial charge in [-0.1, -0.05) is 0 Å². The van der Waals surface area contributed by atoms with Crippen LogP contribution in [0.2, 0.25) is 0 Å². The lowest BCUT2D eigenvalue weighted by molar-refractivity contribution is -0.385. The number of hydrogen-bond donors (Lipinski definition) is 0. The third kappa shape index (κ3) is 1.66. The molecule has 0 radical (unpaired) electrons. The predicted octanol–water partition coefficient (Wildman–Crippen LogP) is 3.24. The summed E-state index contributed by atoms with van der Waals surface area (Å²) in [5.41, 5.74) is 2.59. The monoisotopic (exact) mass is 255 g/mol. The van der Waals surface area contributed by atoms with E-state index in [0.29, 0.717) is 4.47 Å². The second-order valence-corrected chi connectivity index (χ2v) is 4.39. The highest BCUT2D eigenvalue weighted by Gasteiger charge is 2.18. The Morgan fingerprint density at radius 1 is 1.21 bits per heavy atom. The highest BCUT2D eigenvalue weighted by atomic mass is 79.9. The lowest BCUT2D eigenvalue weighted by Gasteiger charge is -2.15. The van der Waals surface area contributed by atoms with Gasteiger partial charge in [-0.25, -0.2) is 0 Å². The van der Waals surface area contributed by atoms with E-state index < -0.39 is 0 Å². The van der Waals surface area contributed by atoms with Crippen LogP contribution in [-0.2, 0) is 12.8 Å². The van der Waals surface area contributed by atoms with Crippen LogP contribution in [0.1, 0.15) is 24.0 Å². The number of nitro benzene ring substituents is 1. The normalized spacial score (nSPS) is 14.9. The van der Waals surface area contributed by atoms with Gasteiger partial charge in [-0.05, 0) is 58.8 Å². The fourth-order valence-corrected chi connectivity index (χ4v) is 2.42. The Morgan fingerprint density at radius 3 is 2.36 bits per heavy atom. The molecular formula is C10H10BrNO2. The average molecular weight is 256 g/mol. The summed E-state index contributed by atoms with van der Waals surface area (Å²) in [5.74, 6) is 0. The minimum Gasteiger partial charge on any atom is -0.258 e. The van der Waals surface area contributed by atoms with E-state index in [1.165, 1.54) is 12.0 Å². The number of fused-ring (bicyclic) bond motifs is 1. The maximum atomic E-state index is 10.7. The smallest absolute Gasteiger partial charge is 0.258 e. The van der Waals surface area contributed by atoms with Gasteiger partial charge in [-0.15, -0.1) is 0 Å². The molecule has 74 valence electrons. The van der Waals surface area contributed by atoms with Crippen molar-refractivity contribution in [1.29, 1.82) is 0 Å². The zero-order valence-electron chi connectivity index (χ0n) is 7.62. The summed E-state index contributed by atoms with van der Waals surface area (Å²) in [7, 11) is 0. The summed E-state index contributed by atoms with van der Waals surface area (Å²) in [6, 6.07) is 3.60. The molecule has 1 aliphatic rings. The molecule has 14 heavy (non-hydrogen) atoms. The van der Waals surface area contributed by atoms with Crippen molar-refractivity contribution in [3.63, 3.8) is 0 Å². The molecule has 0 unspecified atom stereocenters. The van der Waals surface area contributed by atoms with Crippen LogP contribution >= 0.6 is 15.9 Å². The summed E-state index contributed by atoms with van der Waals surface area (Å²) >= 11 is 3.23. The SMILES string of the molecule is O=[N+]([O-])c1cc2c(cc1Br)CCCC2. The van der Waals surface area contributed by atoms with E-state index in [2.05, 4.69) is 15.9 Å². The molecule has 1 aliphatic carbocycles. The zero-order chi connectivity index (χ0) is 10.1. The lowest BCUT2D eigenvalue weighted by Crippen LogP contribution is -2.03. The van der Waals surface area contributed by atoms with Gasteiger partial charge < -0.3 is 0 Å². The number of nitro groups is 1. The summed E-state index contributed by atoms with van der Waals surface area (Å²) in [6.45, 7) is 0. The molecular weight excluding hydrogens is 246 g/mol. The van der Waals surface area contributed by atoms with Crippen LogP contribution in [0, 0.1) is 10.1 Å². The largest absolute Gasteiger partial charge is 0.283 e. The molecule has 0 atom stereocenters. The molecule has 0 saturated carbocycles. The van der Waals surface area contributed by atoms with Crippen LogP contribution in [0.5, 0.6) is 0 Å². The van der Waals surface area contributed by atoms with E-state index in [1.54, 1.807) is 6.07 Å². The van der Waals surface area contributed by atoms with E-state index in [0.717, 1.165) is 24.8 Å². The van der Waals surface area contributed by atoms with Crippen molar-refractivity contribution in [1.82, 2.24) is 0 Å². The van der Waals surface area contributed by atoms with Crippen molar-refractivity contribution in [3.8, 4) is 0 Å². The maximum absolute atomic E-state index is 10.7. The van der Waals surface area contributed by atoms with Gasteiger partial charge in [0, 0.05) is 6.07 Å². The van der Waals surface area contributed by atoms with Gasteiger partial charge in [0.15, 0.2) is 0 Å². The van der Waals surface area contributed by atoms with Crippen molar-refractivity contribution in [3.05, 3.63) is 37.8 Å². The van der Waals surface area contributed by atoms with Gasteiger partial charge in [-0.3, -0.25) is 10.1 Å². The first-order valence-corrected chi connectivity index (χ1v) is 5.43. The van der Waals surface area contributed by atoms with Crippen LogP contribution in [0.3, 0.4) is 0 Å². The van der Waals surface area contributed by atoms with Gasteiger partial charge in [0.1, 0.15) is 0 Å². The highest BCUT2D eigenvalue weighted by molar-refractivity contribution is 9.10. The topological polar surface area (TPSA) is 43.1 Å². The second-order valence-electron chi connectivity index (χ2n) is 3.54. The molecule has 0 aliphatic heterocycles. The Morgan fingerprint density at radius 2 is 1.79 bits per heavy atom. The Hall–Kier alpha value is -0.900. The predicted molar refractivity (Wildman–Crippen MR) is 57.4 cm³/mol. The quantitative estimate of drug-likeness (QED) is 0.571. The van der Waals surface area contributed by atoms with E-state index >= 15 is 0 Å². The van der Waals surface area contributed by atoms with Gasteiger partial charge in [0.25, 0.3) is 5.69 Å².